The number of aromatic carboxylic acids is 1. The van der Waals surface area contributed by atoms with Crippen molar-refractivity contribution in [1.29, 1.82) is 0 Å². The van der Waals surface area contributed by atoms with Gasteiger partial charge in [-0.2, -0.15) is 4.73 Å². The van der Waals surface area contributed by atoms with Crippen molar-refractivity contribution in [3.05, 3.63) is 100 Å². The molecule has 0 radical (unpaired) electrons. The normalized spacial score (nSPS) is 11.3. The van der Waals surface area contributed by atoms with E-state index in [0.29, 0.717) is 32.6 Å². The van der Waals surface area contributed by atoms with E-state index in [0.717, 1.165) is 0 Å². The van der Waals surface area contributed by atoms with Gasteiger partial charge in [-0.05, 0) is 73.9 Å². The topological polar surface area (TPSA) is 178 Å². The number of fused-ring (bicyclic) bond motifs is 1. The smallest absolute Gasteiger partial charge is 0.352 e. The number of aromatic amines is 1. The van der Waals surface area contributed by atoms with Crippen molar-refractivity contribution in [2.45, 2.75) is 26.3 Å². The van der Waals surface area contributed by atoms with E-state index in [1.54, 1.807) is 42.5 Å². The van der Waals surface area contributed by atoms with Gasteiger partial charge in [0.2, 0.25) is 5.91 Å². The van der Waals surface area contributed by atoms with Gasteiger partial charge in [-0.3, -0.25) is 14.4 Å². The molecule has 2 aromatic heterocycles. The predicted octanol–water partition coefficient (Wildman–Crippen LogP) is 5.01. The molecule has 2 heterocycles. The Labute approximate surface area is 271 Å². The third-order valence-electron chi connectivity index (χ3n) is 7.07. The van der Waals surface area contributed by atoms with Gasteiger partial charge in [0, 0.05) is 28.7 Å². The molecular weight excluding hydrogens is 631 g/mol. The van der Waals surface area contributed by atoms with Crippen molar-refractivity contribution in [3.63, 3.8) is 0 Å². The summed E-state index contributed by atoms with van der Waals surface area (Å²) in [5, 5.41) is 28.5. The maximum atomic E-state index is 14.7. The quantitative estimate of drug-likeness (QED) is 0.0953. The van der Waals surface area contributed by atoms with Gasteiger partial charge in [-0.25, -0.2) is 14.2 Å². The van der Waals surface area contributed by atoms with E-state index in [2.05, 4.69) is 37.8 Å². The van der Waals surface area contributed by atoms with Gasteiger partial charge >= 0.3 is 5.97 Å². The maximum absolute atomic E-state index is 14.7. The molecule has 0 bridgehead atoms. The summed E-state index contributed by atoms with van der Waals surface area (Å²) in [5.41, 5.74) is 1.50. The zero-order chi connectivity index (χ0) is 33.8. The SMILES string of the molecule is CC#CC(=O)Nc1ccc(C[C@H](NC(=O)c2c(C)nc(-c3cccc(Cl)c3F)n2O)C(=O)Nc2ccc3[nH]c(C(=O)O)cc3c2)cc1. The number of carbonyl (C=O) groups excluding carboxylic acids is 3. The molecule has 1 atom stereocenters. The molecule has 0 aliphatic heterocycles. The number of carboxylic acids is 1. The number of aromatic nitrogens is 3. The second-order valence-corrected chi connectivity index (χ2v) is 10.7. The summed E-state index contributed by atoms with van der Waals surface area (Å²) < 4.78 is 15.2. The Morgan fingerprint density at radius 2 is 1.77 bits per heavy atom. The van der Waals surface area contributed by atoms with Gasteiger partial charge in [0.15, 0.2) is 17.3 Å². The monoisotopic (exact) mass is 656 g/mol. The number of carboxylic acid groups (broad SMARTS) is 1. The van der Waals surface area contributed by atoms with Gasteiger partial charge in [0.05, 0.1) is 16.3 Å². The number of rotatable bonds is 9. The molecule has 238 valence electrons. The van der Waals surface area contributed by atoms with E-state index in [1.165, 1.54) is 38.1 Å². The fraction of sp³-hybridized carbons (Fsp3) is 0.121. The lowest BCUT2D eigenvalue weighted by molar-refractivity contribution is -0.118. The van der Waals surface area contributed by atoms with Crippen molar-refractivity contribution in [1.82, 2.24) is 20.0 Å². The second kappa shape index (κ2) is 13.5. The van der Waals surface area contributed by atoms with Crippen LogP contribution in [0.25, 0.3) is 22.3 Å². The van der Waals surface area contributed by atoms with Crippen molar-refractivity contribution in [3.8, 4) is 23.2 Å². The van der Waals surface area contributed by atoms with E-state index in [4.69, 9.17) is 11.6 Å². The number of halogens is 2. The number of hydrogen-bond donors (Lipinski definition) is 6. The number of H-pyrrole nitrogens is 1. The first-order valence-corrected chi connectivity index (χ1v) is 14.4. The summed E-state index contributed by atoms with van der Waals surface area (Å²) in [6.07, 6.45) is -0.0233. The summed E-state index contributed by atoms with van der Waals surface area (Å²) in [4.78, 5) is 57.3. The van der Waals surface area contributed by atoms with Crippen LogP contribution in [0.5, 0.6) is 0 Å². The van der Waals surface area contributed by atoms with Crippen molar-refractivity contribution in [2.75, 3.05) is 10.6 Å². The predicted molar refractivity (Wildman–Crippen MR) is 172 cm³/mol. The van der Waals surface area contributed by atoms with E-state index in [1.807, 2.05) is 0 Å². The highest BCUT2D eigenvalue weighted by atomic mass is 35.5. The van der Waals surface area contributed by atoms with Crippen molar-refractivity contribution < 1.29 is 33.9 Å². The molecule has 0 fully saturated rings. The molecule has 5 rings (SSSR count). The van der Waals surface area contributed by atoms with Gasteiger partial charge < -0.3 is 31.2 Å². The Morgan fingerprint density at radius 1 is 1.04 bits per heavy atom. The zero-order valence-corrected chi connectivity index (χ0v) is 25.6. The van der Waals surface area contributed by atoms with Gasteiger partial charge in [0.1, 0.15) is 11.7 Å². The third kappa shape index (κ3) is 7.08. The molecule has 0 saturated heterocycles. The summed E-state index contributed by atoms with van der Waals surface area (Å²) >= 11 is 5.90. The summed E-state index contributed by atoms with van der Waals surface area (Å²) in [6.45, 7) is 2.98. The minimum Gasteiger partial charge on any atom is -0.477 e. The molecule has 0 saturated carbocycles. The molecule has 0 aliphatic rings. The number of anilines is 2. The van der Waals surface area contributed by atoms with E-state index in [9.17, 15) is 33.9 Å². The molecule has 6 N–H and O–H groups in total. The minimum absolute atomic E-state index is 0.0233. The lowest BCUT2D eigenvalue weighted by Crippen LogP contribution is -2.46. The summed E-state index contributed by atoms with van der Waals surface area (Å²) in [7, 11) is 0. The first kappa shape index (κ1) is 32.3. The first-order valence-electron chi connectivity index (χ1n) is 14.0. The molecule has 47 heavy (non-hydrogen) atoms. The van der Waals surface area contributed by atoms with Crippen molar-refractivity contribution >= 4 is 57.6 Å². The Bertz CT molecular complexity index is 2110. The number of imidazole rings is 1. The number of amides is 3. The minimum atomic E-state index is -1.22. The number of aryl methyl sites for hydroxylation is 1. The highest BCUT2D eigenvalue weighted by Gasteiger charge is 2.28. The van der Waals surface area contributed by atoms with Crippen LogP contribution in [0.1, 0.15) is 39.2 Å². The highest BCUT2D eigenvalue weighted by Crippen LogP contribution is 2.28. The fourth-order valence-electron chi connectivity index (χ4n) is 4.86. The Hall–Kier alpha value is -6.13. The van der Waals surface area contributed by atoms with Crippen LogP contribution in [0.2, 0.25) is 5.02 Å². The lowest BCUT2D eigenvalue weighted by Gasteiger charge is -2.19. The fourth-order valence-corrected chi connectivity index (χ4v) is 5.03. The standard InChI is InChI=1S/C33H26ClFN6O6/c1-3-5-27(42)37-20-10-8-18(9-11-20)14-25(31(43)38-21-12-13-24-19(15-21)16-26(39-24)33(45)46)40-32(44)29-17(2)36-30(41(29)47)22-6-4-7-23(34)28(22)35/h4,6-13,15-16,25,39,47H,14H2,1-2H3,(H,37,42)(H,38,43)(H,40,44)(H,45,46)/t25-/m0/s1. The summed E-state index contributed by atoms with van der Waals surface area (Å²) in [6, 6.07) is 15.6. The summed E-state index contributed by atoms with van der Waals surface area (Å²) in [5.74, 6) is 0.636. The molecule has 14 heteroatoms. The van der Waals surface area contributed by atoms with Gasteiger partial charge in [0.25, 0.3) is 11.8 Å². The van der Waals surface area contributed by atoms with Crippen LogP contribution in [-0.2, 0) is 16.0 Å². The second-order valence-electron chi connectivity index (χ2n) is 10.3. The zero-order valence-electron chi connectivity index (χ0n) is 24.8. The third-order valence-corrected chi connectivity index (χ3v) is 7.36. The Balaban J connectivity index is 1.43. The van der Waals surface area contributed by atoms with E-state index in [-0.39, 0.29) is 39.9 Å². The van der Waals surface area contributed by atoms with Crippen molar-refractivity contribution in [2.24, 2.45) is 0 Å². The number of nitrogens with one attached hydrogen (secondary N) is 4. The average molecular weight is 657 g/mol. The van der Waals surface area contributed by atoms with Gasteiger partial charge in [-0.15, -0.1) is 0 Å². The molecule has 0 unspecified atom stereocenters. The lowest BCUT2D eigenvalue weighted by atomic mass is 10.0. The van der Waals surface area contributed by atoms with Gasteiger partial charge in [-0.1, -0.05) is 35.7 Å². The number of nitrogens with zero attached hydrogens (tertiary/aromatic N) is 2. The van der Waals surface area contributed by atoms with Crippen LogP contribution in [-0.4, -0.2) is 54.7 Å². The van der Waals surface area contributed by atoms with E-state index >= 15 is 0 Å². The van der Waals surface area contributed by atoms with Crippen LogP contribution < -0.4 is 16.0 Å². The van der Waals surface area contributed by atoms with Crippen LogP contribution in [0.4, 0.5) is 15.8 Å². The Kier molecular flexibility index (Phi) is 9.25. The molecule has 0 aliphatic carbocycles. The Morgan fingerprint density at radius 3 is 2.47 bits per heavy atom. The molecule has 3 amide bonds. The maximum Gasteiger partial charge on any atom is 0.352 e. The number of carbonyl (C=O) groups is 4. The molecule has 12 nitrogen and oxygen atoms in total. The number of benzene rings is 3. The average Bonchev–Trinajstić information content (AvgIpc) is 3.59. The molecule has 5 aromatic rings. The highest BCUT2D eigenvalue weighted by molar-refractivity contribution is 6.31. The first-order chi connectivity index (χ1) is 22.4. The largest absolute Gasteiger partial charge is 0.477 e. The molecule has 3 aromatic carbocycles. The van der Waals surface area contributed by atoms with Crippen LogP contribution in [0, 0.1) is 24.6 Å². The molecular formula is C33H26ClFN6O6. The number of hydrogen-bond acceptors (Lipinski definition) is 6. The van der Waals surface area contributed by atoms with Crippen LogP contribution in [0.3, 0.4) is 0 Å². The van der Waals surface area contributed by atoms with E-state index < -0.39 is 35.5 Å². The van der Waals surface area contributed by atoms with Crippen LogP contribution in [0.15, 0.2) is 66.7 Å². The molecule has 0 spiro atoms. The van der Waals surface area contributed by atoms with Crippen LogP contribution >= 0.6 is 11.6 Å².